The second kappa shape index (κ2) is 7.22. The Hall–Kier alpha value is -1.17. The molecule has 0 radical (unpaired) electrons. The van der Waals surface area contributed by atoms with Crippen LogP contribution in [0.3, 0.4) is 0 Å². The van der Waals surface area contributed by atoms with Crippen LogP contribution in [0.25, 0.3) is 0 Å². The summed E-state index contributed by atoms with van der Waals surface area (Å²) in [4.78, 5) is 1.56. The van der Waals surface area contributed by atoms with Crippen LogP contribution in [0.2, 0.25) is 0 Å². The molecule has 1 aromatic heterocycles. The van der Waals surface area contributed by atoms with Gasteiger partial charge in [-0.25, -0.2) is 8.42 Å². The van der Waals surface area contributed by atoms with Crippen molar-refractivity contribution < 1.29 is 8.42 Å². The molecule has 1 aliphatic heterocycles. The van der Waals surface area contributed by atoms with Crippen LogP contribution in [0, 0.1) is 0 Å². The van der Waals surface area contributed by atoms with Gasteiger partial charge in [0.05, 0.1) is 10.9 Å². The topological polar surface area (TPSA) is 37.4 Å². The van der Waals surface area contributed by atoms with E-state index < -0.39 is 10.0 Å². The fourth-order valence-electron chi connectivity index (χ4n) is 3.40. The van der Waals surface area contributed by atoms with E-state index in [0.29, 0.717) is 11.4 Å². The number of thiophene rings is 1. The lowest BCUT2D eigenvalue weighted by molar-refractivity contribution is 0.333. The van der Waals surface area contributed by atoms with Crippen molar-refractivity contribution in [2.24, 2.45) is 0 Å². The van der Waals surface area contributed by atoms with Gasteiger partial charge in [0.2, 0.25) is 10.0 Å². The number of benzene rings is 1. The smallest absolute Gasteiger partial charge is 0.207 e. The molecule has 0 unspecified atom stereocenters. The second-order valence-electron chi connectivity index (χ2n) is 7.77. The minimum absolute atomic E-state index is 0.0183. The molecular formula is C20H27NO2S2. The maximum Gasteiger partial charge on any atom is 0.243 e. The Morgan fingerprint density at radius 2 is 1.76 bits per heavy atom. The first-order chi connectivity index (χ1) is 11.8. The predicted octanol–water partition coefficient (Wildman–Crippen LogP) is 5.35. The number of hydrogen-bond acceptors (Lipinski definition) is 3. The molecule has 0 N–H and O–H groups in total. The molecule has 0 amide bonds. The highest BCUT2D eigenvalue weighted by atomic mass is 32.2. The Kier molecular flexibility index (Phi) is 5.37. The van der Waals surface area contributed by atoms with Crippen LogP contribution < -0.4 is 0 Å². The lowest BCUT2D eigenvalue weighted by Crippen LogP contribution is -2.34. The molecule has 1 atom stereocenters. The lowest BCUT2D eigenvalue weighted by Gasteiger charge is -2.29. The van der Waals surface area contributed by atoms with Gasteiger partial charge >= 0.3 is 0 Å². The summed E-state index contributed by atoms with van der Waals surface area (Å²) >= 11 is 1.65. The molecule has 2 aromatic rings. The van der Waals surface area contributed by atoms with Gasteiger partial charge in [-0.1, -0.05) is 51.8 Å². The molecule has 136 valence electrons. The van der Waals surface area contributed by atoms with Crippen molar-refractivity contribution >= 4 is 21.4 Å². The summed E-state index contributed by atoms with van der Waals surface area (Å²) in [5.74, 6) is 0. The van der Waals surface area contributed by atoms with Crippen LogP contribution in [0.4, 0.5) is 0 Å². The molecule has 3 rings (SSSR count). The average molecular weight is 378 g/mol. The molecule has 1 aromatic carbocycles. The van der Waals surface area contributed by atoms with Gasteiger partial charge in [0, 0.05) is 11.4 Å². The maximum absolute atomic E-state index is 13.3. The molecule has 1 aliphatic rings. The summed E-state index contributed by atoms with van der Waals surface area (Å²) in [6, 6.07) is 11.5. The van der Waals surface area contributed by atoms with Gasteiger partial charge in [0.1, 0.15) is 0 Å². The summed E-state index contributed by atoms with van der Waals surface area (Å²) in [5, 5.41) is 2.03. The van der Waals surface area contributed by atoms with E-state index in [9.17, 15) is 8.42 Å². The molecule has 0 aliphatic carbocycles. The van der Waals surface area contributed by atoms with E-state index in [0.717, 1.165) is 36.1 Å². The summed E-state index contributed by atoms with van der Waals surface area (Å²) in [5.41, 5.74) is 1.17. The largest absolute Gasteiger partial charge is 0.243 e. The third-order valence-electron chi connectivity index (χ3n) is 4.90. The summed E-state index contributed by atoms with van der Waals surface area (Å²) in [6.45, 7) is 7.01. The van der Waals surface area contributed by atoms with E-state index in [1.807, 2.05) is 23.6 Å². The van der Waals surface area contributed by atoms with E-state index >= 15 is 0 Å². The predicted molar refractivity (Wildman–Crippen MR) is 105 cm³/mol. The third-order valence-corrected chi connectivity index (χ3v) is 7.80. The van der Waals surface area contributed by atoms with E-state index in [1.165, 1.54) is 0 Å². The molecule has 1 fully saturated rings. The summed E-state index contributed by atoms with van der Waals surface area (Å²) in [6.07, 6.45) is 4.01. The van der Waals surface area contributed by atoms with Crippen molar-refractivity contribution in [3.8, 4) is 0 Å². The van der Waals surface area contributed by atoms with Crippen molar-refractivity contribution in [2.75, 3.05) is 6.54 Å². The van der Waals surface area contributed by atoms with Gasteiger partial charge in [-0.3, -0.25) is 0 Å². The van der Waals surface area contributed by atoms with E-state index in [-0.39, 0.29) is 11.5 Å². The van der Waals surface area contributed by atoms with Crippen LogP contribution in [-0.4, -0.2) is 19.3 Å². The molecule has 25 heavy (non-hydrogen) atoms. The van der Waals surface area contributed by atoms with Crippen LogP contribution in [-0.2, 0) is 15.4 Å². The zero-order valence-corrected chi connectivity index (χ0v) is 16.9. The second-order valence-corrected chi connectivity index (χ2v) is 10.6. The molecule has 0 spiro atoms. The summed E-state index contributed by atoms with van der Waals surface area (Å²) < 4.78 is 28.4. The number of hydrogen-bond donors (Lipinski definition) is 0. The first kappa shape index (κ1) is 18.6. The first-order valence-corrected chi connectivity index (χ1v) is 11.3. The van der Waals surface area contributed by atoms with Crippen molar-refractivity contribution in [3.05, 3.63) is 52.2 Å². The van der Waals surface area contributed by atoms with Crippen LogP contribution in [0.1, 0.15) is 62.9 Å². The highest BCUT2D eigenvalue weighted by molar-refractivity contribution is 7.89. The molecular weight excluding hydrogens is 350 g/mol. The molecule has 5 heteroatoms. The Labute approximate surface area is 155 Å². The quantitative estimate of drug-likeness (QED) is 0.723. The average Bonchev–Trinajstić information content (AvgIpc) is 2.98. The lowest BCUT2D eigenvalue weighted by atomic mass is 9.87. The molecule has 3 nitrogen and oxygen atoms in total. The van der Waals surface area contributed by atoms with Gasteiger partial charge in [-0.2, -0.15) is 4.31 Å². The fourth-order valence-corrected chi connectivity index (χ4v) is 6.01. The zero-order valence-electron chi connectivity index (χ0n) is 15.2. The van der Waals surface area contributed by atoms with Crippen molar-refractivity contribution in [2.45, 2.75) is 62.8 Å². The summed E-state index contributed by atoms with van der Waals surface area (Å²) in [7, 11) is -3.48. The third kappa shape index (κ3) is 3.99. The minimum Gasteiger partial charge on any atom is -0.207 e. The normalized spacial score (nSPS) is 20.4. The fraction of sp³-hybridized carbons (Fsp3) is 0.500. The van der Waals surface area contributed by atoms with Gasteiger partial charge in [-0.05, 0) is 47.4 Å². The van der Waals surface area contributed by atoms with E-state index in [4.69, 9.17) is 0 Å². The number of nitrogens with zero attached hydrogens (tertiary/aromatic N) is 1. The Morgan fingerprint density at radius 1 is 1.04 bits per heavy atom. The zero-order chi connectivity index (χ0) is 18.1. The Bertz CT molecular complexity index is 787. The van der Waals surface area contributed by atoms with Gasteiger partial charge in [0.25, 0.3) is 0 Å². The minimum atomic E-state index is -3.48. The maximum atomic E-state index is 13.3. The SMILES string of the molecule is CC(C)(C)c1ccc(S(=O)(=O)N2CCCCC[C@H]2c2cccs2)cc1. The van der Waals surface area contributed by atoms with Gasteiger partial charge in [-0.15, -0.1) is 11.3 Å². The molecule has 1 saturated heterocycles. The highest BCUT2D eigenvalue weighted by Crippen LogP contribution is 2.37. The van der Waals surface area contributed by atoms with E-state index in [2.05, 4.69) is 26.8 Å². The standard InChI is InChI=1S/C20H27NO2S2/c1-20(2,3)16-10-12-17(13-11-16)25(22,23)21-14-6-4-5-8-18(21)19-9-7-15-24-19/h7,9-13,15,18H,4-6,8,14H2,1-3H3/t18-/m0/s1. The van der Waals surface area contributed by atoms with Crippen molar-refractivity contribution in [1.82, 2.24) is 4.31 Å². The van der Waals surface area contributed by atoms with Crippen molar-refractivity contribution in [3.63, 3.8) is 0 Å². The monoisotopic (exact) mass is 377 g/mol. The number of rotatable bonds is 3. The Morgan fingerprint density at radius 3 is 2.36 bits per heavy atom. The van der Waals surface area contributed by atoms with E-state index in [1.54, 1.807) is 27.8 Å². The number of sulfonamides is 1. The van der Waals surface area contributed by atoms with Crippen LogP contribution in [0.15, 0.2) is 46.7 Å². The van der Waals surface area contributed by atoms with Crippen molar-refractivity contribution in [1.29, 1.82) is 0 Å². The van der Waals surface area contributed by atoms with Crippen LogP contribution in [0.5, 0.6) is 0 Å². The molecule has 2 heterocycles. The van der Waals surface area contributed by atoms with Crippen LogP contribution >= 0.6 is 11.3 Å². The Balaban J connectivity index is 1.96. The highest BCUT2D eigenvalue weighted by Gasteiger charge is 2.34. The molecule has 0 bridgehead atoms. The first-order valence-electron chi connectivity index (χ1n) is 8.96. The van der Waals surface area contributed by atoms with Gasteiger partial charge < -0.3 is 0 Å². The molecule has 0 saturated carbocycles. The van der Waals surface area contributed by atoms with Gasteiger partial charge in [0.15, 0.2) is 0 Å².